The number of hydrogen-bond donors (Lipinski definition) is 1. The van der Waals surface area contributed by atoms with Gasteiger partial charge in [0.1, 0.15) is 22.4 Å². The molecule has 0 radical (unpaired) electrons. The van der Waals surface area contributed by atoms with E-state index in [1.165, 1.54) is 4.31 Å². The molecule has 10 heteroatoms. The molecule has 4 rings (SSSR count). The van der Waals surface area contributed by atoms with E-state index in [4.69, 9.17) is 9.26 Å². The molecule has 1 saturated heterocycles. The molecule has 1 N–H and O–H groups in total. The molecule has 0 unspecified atom stereocenters. The van der Waals surface area contributed by atoms with Crippen LogP contribution >= 0.6 is 0 Å². The van der Waals surface area contributed by atoms with Crippen molar-refractivity contribution in [3.63, 3.8) is 0 Å². The second-order valence-electron chi connectivity index (χ2n) is 8.60. The average Bonchev–Trinajstić information content (AvgIpc) is 3.19. The van der Waals surface area contributed by atoms with Crippen LogP contribution in [-0.4, -0.2) is 62.0 Å². The van der Waals surface area contributed by atoms with Crippen LogP contribution in [-0.2, 0) is 14.8 Å². The fraction of sp³-hybridized carbons (Fsp3) is 0.360. The summed E-state index contributed by atoms with van der Waals surface area (Å²) in [6.45, 7) is 6.43. The van der Waals surface area contributed by atoms with Gasteiger partial charge in [-0.2, -0.15) is 4.31 Å². The van der Waals surface area contributed by atoms with E-state index in [1.54, 1.807) is 21.0 Å². The van der Waals surface area contributed by atoms with Gasteiger partial charge in [0.2, 0.25) is 15.9 Å². The molecule has 1 amide bonds. The fourth-order valence-corrected chi connectivity index (χ4v) is 6.17. The van der Waals surface area contributed by atoms with Gasteiger partial charge in [0.05, 0.1) is 12.8 Å². The summed E-state index contributed by atoms with van der Waals surface area (Å²) >= 11 is 0. The number of anilines is 1. The van der Waals surface area contributed by atoms with Gasteiger partial charge in [-0.1, -0.05) is 41.6 Å². The van der Waals surface area contributed by atoms with Crippen LogP contribution in [0.2, 0.25) is 0 Å². The Morgan fingerprint density at radius 2 is 1.74 bits per heavy atom. The molecule has 0 bridgehead atoms. The number of rotatable bonds is 7. The Bertz CT molecular complexity index is 1280. The highest BCUT2D eigenvalue weighted by atomic mass is 32.2. The largest absolute Gasteiger partial charge is 0.495 e. The Hall–Kier alpha value is -3.21. The SMILES string of the molecule is COc1ccc(C)cc1NC(=O)[C@H](c1ccccc1)N1CCN(S(=O)(=O)c2c(C)noc2C)CC1. The maximum Gasteiger partial charge on any atom is 0.248 e. The van der Waals surface area contributed by atoms with Crippen molar-refractivity contribution < 1.29 is 22.5 Å². The lowest BCUT2D eigenvalue weighted by molar-refractivity contribution is -0.122. The third-order valence-electron chi connectivity index (χ3n) is 6.18. The first kappa shape index (κ1) is 24.9. The molecule has 0 saturated carbocycles. The number of aryl methyl sites for hydroxylation is 3. The molecule has 2 heterocycles. The Labute approximate surface area is 205 Å². The van der Waals surface area contributed by atoms with Crippen molar-refractivity contribution >= 4 is 21.6 Å². The molecule has 1 fully saturated rings. The summed E-state index contributed by atoms with van der Waals surface area (Å²) in [7, 11) is -2.18. The number of carbonyl (C=O) groups excluding carboxylic acids is 1. The highest BCUT2D eigenvalue weighted by Crippen LogP contribution is 2.30. The Morgan fingerprint density at radius 1 is 1.06 bits per heavy atom. The van der Waals surface area contributed by atoms with Crippen LogP contribution in [0, 0.1) is 20.8 Å². The van der Waals surface area contributed by atoms with Crippen molar-refractivity contribution in [2.75, 3.05) is 38.6 Å². The van der Waals surface area contributed by atoms with Crippen LogP contribution in [0.5, 0.6) is 5.75 Å². The molecular formula is C25H30N4O5S. The summed E-state index contributed by atoms with van der Waals surface area (Å²) in [4.78, 5) is 15.7. The van der Waals surface area contributed by atoms with Gasteiger partial charge >= 0.3 is 0 Å². The number of aromatic nitrogens is 1. The number of amides is 1. The number of hydrogen-bond acceptors (Lipinski definition) is 7. The van der Waals surface area contributed by atoms with Crippen LogP contribution in [0.4, 0.5) is 5.69 Å². The van der Waals surface area contributed by atoms with E-state index in [9.17, 15) is 13.2 Å². The van der Waals surface area contributed by atoms with Crippen LogP contribution < -0.4 is 10.1 Å². The summed E-state index contributed by atoms with van der Waals surface area (Å²) in [5.74, 6) is 0.645. The van der Waals surface area contributed by atoms with Gasteiger partial charge in [0, 0.05) is 26.2 Å². The number of sulfonamides is 1. The topological polar surface area (TPSA) is 105 Å². The maximum atomic E-state index is 13.6. The van der Waals surface area contributed by atoms with Gasteiger partial charge < -0.3 is 14.6 Å². The standard InChI is InChI=1S/C25H30N4O5S/c1-17-10-11-22(33-4)21(16-17)26-25(30)23(20-8-6-5-7-9-20)28-12-14-29(15-13-28)35(31,32)24-18(2)27-34-19(24)3/h5-11,16,23H,12-15H2,1-4H3,(H,26,30)/t23-/m0/s1. The van der Waals surface area contributed by atoms with Crippen molar-refractivity contribution in [1.82, 2.24) is 14.4 Å². The highest BCUT2D eigenvalue weighted by molar-refractivity contribution is 7.89. The number of carbonyl (C=O) groups is 1. The molecule has 0 aliphatic carbocycles. The van der Waals surface area contributed by atoms with E-state index < -0.39 is 16.1 Å². The zero-order chi connectivity index (χ0) is 25.2. The van der Waals surface area contributed by atoms with Gasteiger partial charge in [-0.15, -0.1) is 0 Å². The zero-order valence-corrected chi connectivity index (χ0v) is 21.1. The fourth-order valence-electron chi connectivity index (χ4n) is 4.46. The molecule has 3 aromatic rings. The number of benzene rings is 2. The van der Waals surface area contributed by atoms with Crippen molar-refractivity contribution in [3.05, 3.63) is 71.1 Å². The van der Waals surface area contributed by atoms with Gasteiger partial charge in [-0.25, -0.2) is 8.42 Å². The Morgan fingerprint density at radius 3 is 2.34 bits per heavy atom. The predicted molar refractivity (Wildman–Crippen MR) is 132 cm³/mol. The van der Waals surface area contributed by atoms with Crippen LogP contribution in [0.3, 0.4) is 0 Å². The second-order valence-corrected chi connectivity index (χ2v) is 10.5. The minimum absolute atomic E-state index is 0.120. The highest BCUT2D eigenvalue weighted by Gasteiger charge is 2.37. The lowest BCUT2D eigenvalue weighted by Gasteiger charge is -2.38. The van der Waals surface area contributed by atoms with E-state index in [2.05, 4.69) is 10.5 Å². The van der Waals surface area contributed by atoms with Crippen LogP contribution in [0.25, 0.3) is 0 Å². The molecule has 186 valence electrons. The number of nitrogens with one attached hydrogen (secondary N) is 1. The number of ether oxygens (including phenoxy) is 1. The quantitative estimate of drug-likeness (QED) is 0.533. The van der Waals surface area contributed by atoms with Crippen molar-refractivity contribution in [1.29, 1.82) is 0 Å². The van der Waals surface area contributed by atoms with E-state index >= 15 is 0 Å². The summed E-state index contributed by atoms with van der Waals surface area (Å²) in [6, 6.07) is 14.5. The summed E-state index contributed by atoms with van der Waals surface area (Å²) < 4.78 is 38.4. The Balaban J connectivity index is 1.57. The minimum Gasteiger partial charge on any atom is -0.495 e. The predicted octanol–water partition coefficient (Wildman–Crippen LogP) is 3.29. The van der Waals surface area contributed by atoms with Crippen molar-refractivity contribution in [2.24, 2.45) is 0 Å². The average molecular weight is 499 g/mol. The van der Waals surface area contributed by atoms with E-state index in [0.29, 0.717) is 30.2 Å². The molecule has 1 aliphatic heterocycles. The van der Waals surface area contributed by atoms with Crippen molar-refractivity contribution in [3.8, 4) is 5.75 Å². The van der Waals surface area contributed by atoms with Crippen LogP contribution in [0.15, 0.2) is 57.9 Å². The van der Waals surface area contributed by atoms with E-state index in [0.717, 1.165) is 11.1 Å². The number of methoxy groups -OCH3 is 1. The first-order valence-corrected chi connectivity index (χ1v) is 12.8. The summed E-state index contributed by atoms with van der Waals surface area (Å²) in [5, 5.41) is 6.81. The van der Waals surface area contributed by atoms with Crippen LogP contribution in [0.1, 0.15) is 28.6 Å². The third-order valence-corrected chi connectivity index (χ3v) is 8.32. The summed E-state index contributed by atoms with van der Waals surface area (Å²) in [6.07, 6.45) is 0. The first-order chi connectivity index (χ1) is 16.7. The molecule has 1 aliphatic rings. The molecule has 2 aromatic carbocycles. The lowest BCUT2D eigenvalue weighted by Crippen LogP contribution is -2.51. The van der Waals surface area contributed by atoms with Gasteiger partial charge in [-0.05, 0) is 44.0 Å². The molecule has 35 heavy (non-hydrogen) atoms. The molecular weight excluding hydrogens is 468 g/mol. The minimum atomic E-state index is -3.74. The second kappa shape index (κ2) is 10.2. The summed E-state index contributed by atoms with van der Waals surface area (Å²) in [5.41, 5.74) is 2.77. The van der Waals surface area contributed by atoms with Gasteiger partial charge in [0.15, 0.2) is 5.76 Å². The first-order valence-electron chi connectivity index (χ1n) is 11.4. The third kappa shape index (κ3) is 5.09. The van der Waals surface area contributed by atoms with Crippen molar-refractivity contribution in [2.45, 2.75) is 31.7 Å². The van der Waals surface area contributed by atoms with Gasteiger partial charge in [0.25, 0.3) is 0 Å². The van der Waals surface area contributed by atoms with Gasteiger partial charge in [-0.3, -0.25) is 9.69 Å². The number of piperazine rings is 1. The smallest absolute Gasteiger partial charge is 0.248 e. The monoisotopic (exact) mass is 498 g/mol. The lowest BCUT2D eigenvalue weighted by atomic mass is 10.0. The normalized spacial score (nSPS) is 16.1. The van der Waals surface area contributed by atoms with E-state index in [1.807, 2.05) is 60.4 Å². The molecule has 1 atom stereocenters. The maximum absolute atomic E-state index is 13.6. The van der Waals surface area contributed by atoms with E-state index in [-0.39, 0.29) is 29.7 Å². The molecule has 9 nitrogen and oxygen atoms in total. The number of nitrogens with zero attached hydrogens (tertiary/aromatic N) is 3. The molecule has 0 spiro atoms. The molecule has 1 aromatic heterocycles. The Kier molecular flexibility index (Phi) is 7.25. The zero-order valence-electron chi connectivity index (χ0n) is 20.3.